The number of rotatable bonds is 3. The molecule has 0 bridgehead atoms. The van der Waals surface area contributed by atoms with Crippen molar-refractivity contribution in [1.29, 1.82) is 0 Å². The number of aromatic nitrogens is 1. The van der Waals surface area contributed by atoms with Crippen LogP contribution in [0.4, 0.5) is 0 Å². The van der Waals surface area contributed by atoms with Gasteiger partial charge in [0.15, 0.2) is 0 Å². The molecule has 0 aliphatic heterocycles. The number of benzene rings is 2. The molecular weight excluding hydrogens is 553 g/mol. The quantitative estimate of drug-likeness (QED) is 0.428. The van der Waals surface area contributed by atoms with Gasteiger partial charge in [-0.1, -0.05) is 0 Å². The summed E-state index contributed by atoms with van der Waals surface area (Å²) < 4.78 is 4.79. The van der Waals surface area contributed by atoms with Crippen LogP contribution in [0.15, 0.2) is 81.3 Å². The molecule has 1 atom stereocenters. The predicted octanol–water partition coefficient (Wildman–Crippen LogP) is 0.409. The zero-order valence-corrected chi connectivity index (χ0v) is 21.5. The minimum Gasteiger partial charge on any atom is -1.00 e. The van der Waals surface area contributed by atoms with Crippen LogP contribution in [0.2, 0.25) is 0 Å². The molecule has 3 aromatic rings. The number of fused-ring (bicyclic) bond motifs is 2. The first-order valence-electron chi connectivity index (χ1n) is 9.23. The van der Waals surface area contributed by atoms with E-state index in [-0.39, 0.29) is 34.0 Å². The Balaban J connectivity index is 0.00000112. The van der Waals surface area contributed by atoms with Crippen molar-refractivity contribution in [2.75, 3.05) is 0 Å². The average molecular weight is 574 g/mol. The molecule has 0 saturated carbocycles. The first kappa shape index (κ1) is 21.7. The number of allylic oxidation sites excluding steroid dienone is 5. The van der Waals surface area contributed by atoms with Gasteiger partial charge < -0.3 is 34.0 Å². The summed E-state index contributed by atoms with van der Waals surface area (Å²) in [5, 5.41) is 1.32. The summed E-state index contributed by atoms with van der Waals surface area (Å²) in [6.07, 6.45) is 8.29. The molecule has 0 saturated heterocycles. The molecule has 0 fully saturated rings. The second-order valence-electron chi connectivity index (χ2n) is 7.21. The normalized spacial score (nSPS) is 17.4. The molecule has 1 aromatic heterocycles. The van der Waals surface area contributed by atoms with E-state index < -0.39 is 23.2 Å². The summed E-state index contributed by atoms with van der Waals surface area (Å²) in [4.78, 5) is 0. The maximum atomic E-state index is 2.44. The third kappa shape index (κ3) is 3.64. The molecule has 4 heteroatoms. The Morgan fingerprint density at radius 1 is 0.929 bits per heavy atom. The van der Waals surface area contributed by atoms with Crippen LogP contribution >= 0.6 is 0 Å². The summed E-state index contributed by atoms with van der Waals surface area (Å²) in [6, 6.07) is 20.0. The second-order valence-corrected chi connectivity index (χ2v) is 10.8. The van der Waals surface area contributed by atoms with Crippen molar-refractivity contribution in [1.82, 2.24) is 4.57 Å². The van der Waals surface area contributed by atoms with Crippen LogP contribution in [-0.4, -0.2) is 4.57 Å². The van der Waals surface area contributed by atoms with Crippen LogP contribution in [0.25, 0.3) is 22.7 Å². The molecule has 1 nitrogen and oxygen atoms in total. The minimum atomic E-state index is -0.763. The summed E-state index contributed by atoms with van der Waals surface area (Å²) in [6.45, 7) is 4.59. The Morgan fingerprint density at radius 2 is 1.68 bits per heavy atom. The van der Waals surface area contributed by atoms with E-state index in [1.807, 2.05) is 0 Å². The summed E-state index contributed by atoms with van der Waals surface area (Å²) in [5.41, 5.74) is 8.80. The van der Waals surface area contributed by atoms with E-state index in [4.69, 9.17) is 0 Å². The minimum absolute atomic E-state index is 0. The fourth-order valence-electron chi connectivity index (χ4n) is 4.12. The summed E-state index contributed by atoms with van der Waals surface area (Å²) in [7, 11) is 0. The van der Waals surface area contributed by atoms with E-state index in [2.05, 4.69) is 91.4 Å². The van der Waals surface area contributed by atoms with E-state index >= 15 is 0 Å². The fourth-order valence-corrected chi connectivity index (χ4v) is 8.47. The zero-order chi connectivity index (χ0) is 17.7. The van der Waals surface area contributed by atoms with Gasteiger partial charge in [-0.3, -0.25) is 0 Å². The Bertz CT molecular complexity index is 1120. The van der Waals surface area contributed by atoms with Gasteiger partial charge in [0.2, 0.25) is 0 Å². The standard InChI is InChI=1S/C17H12N.C7H9.2BrH.Zr/c1-2-7-15-12-16(11-14(15)6-1)18-10-9-13-5-3-4-8-17(13)18;1-6-4-3-5-7(6)2;;;/h1-12H;4H,3H2,1-2H3;2*1H;/q;;;;+2/p-2. The van der Waals surface area contributed by atoms with Gasteiger partial charge >= 0.3 is 167 Å². The van der Waals surface area contributed by atoms with Crippen LogP contribution < -0.4 is 34.0 Å². The van der Waals surface area contributed by atoms with Crippen molar-refractivity contribution in [2.45, 2.75) is 23.9 Å². The predicted molar refractivity (Wildman–Crippen MR) is 106 cm³/mol. The van der Waals surface area contributed by atoms with Crippen molar-refractivity contribution >= 4 is 22.7 Å². The Labute approximate surface area is 199 Å². The van der Waals surface area contributed by atoms with Crippen LogP contribution in [0, 0.1) is 0 Å². The molecule has 0 amide bonds. The van der Waals surface area contributed by atoms with E-state index in [0.29, 0.717) is 3.63 Å². The number of halogens is 2. The van der Waals surface area contributed by atoms with Crippen molar-refractivity contribution in [3.63, 3.8) is 0 Å². The van der Waals surface area contributed by atoms with Crippen molar-refractivity contribution in [3.05, 3.63) is 92.4 Å². The van der Waals surface area contributed by atoms with E-state index in [0.717, 1.165) is 0 Å². The second kappa shape index (κ2) is 8.82. The first-order valence-corrected chi connectivity index (χ1v) is 11.9. The smallest absolute Gasteiger partial charge is 1.00 e. The molecule has 28 heavy (non-hydrogen) atoms. The summed E-state index contributed by atoms with van der Waals surface area (Å²) in [5.74, 6) is 0. The molecule has 1 heterocycles. The van der Waals surface area contributed by atoms with Gasteiger partial charge in [-0.15, -0.1) is 0 Å². The first-order chi connectivity index (χ1) is 12.7. The van der Waals surface area contributed by atoms with Gasteiger partial charge in [0.05, 0.1) is 0 Å². The maximum absolute atomic E-state index is 2.44. The SMILES string of the molecule is CC1=CC[C]([Zr+2][CH]2C(n3ccc4ccccc43)=Cc3ccccc32)=C1C.[Br-].[Br-]. The zero-order valence-electron chi connectivity index (χ0n) is 15.9. The molecule has 2 aliphatic carbocycles. The Hall–Kier alpha value is -0.957. The third-order valence-electron chi connectivity index (χ3n) is 5.76. The summed E-state index contributed by atoms with van der Waals surface area (Å²) >= 11 is -0.763. The Kier molecular flexibility index (Phi) is 6.85. The molecule has 140 valence electrons. The van der Waals surface area contributed by atoms with Gasteiger partial charge in [-0.25, -0.2) is 0 Å². The average Bonchev–Trinajstić information content (AvgIpc) is 3.34. The monoisotopic (exact) mass is 571 g/mol. The molecule has 0 spiro atoms. The molecule has 5 rings (SSSR count). The Morgan fingerprint density at radius 3 is 2.46 bits per heavy atom. The van der Waals surface area contributed by atoms with Crippen LogP contribution in [0.1, 0.15) is 35.0 Å². The van der Waals surface area contributed by atoms with Crippen LogP contribution in [-0.2, 0) is 23.2 Å². The molecule has 0 radical (unpaired) electrons. The number of nitrogens with zero attached hydrogens (tertiary/aromatic N) is 1. The third-order valence-corrected chi connectivity index (χ3v) is 10.2. The number of para-hydroxylation sites is 1. The van der Waals surface area contributed by atoms with Gasteiger partial charge in [0, 0.05) is 0 Å². The van der Waals surface area contributed by atoms with Gasteiger partial charge in [0.25, 0.3) is 0 Å². The largest absolute Gasteiger partial charge is 1.00 e. The van der Waals surface area contributed by atoms with Gasteiger partial charge in [-0.05, 0) is 0 Å². The van der Waals surface area contributed by atoms with Crippen LogP contribution in [0.3, 0.4) is 0 Å². The van der Waals surface area contributed by atoms with Gasteiger partial charge in [0.1, 0.15) is 0 Å². The molecular formula is C24H21Br2NZr. The topological polar surface area (TPSA) is 4.93 Å². The molecule has 2 aromatic carbocycles. The molecule has 0 N–H and O–H groups in total. The number of hydrogen-bond donors (Lipinski definition) is 0. The number of hydrogen-bond acceptors (Lipinski definition) is 0. The molecule has 1 unspecified atom stereocenters. The van der Waals surface area contributed by atoms with Gasteiger partial charge in [-0.2, -0.15) is 0 Å². The fraction of sp³-hybridized carbons (Fsp3) is 0.167. The maximum Gasteiger partial charge on any atom is -1.00 e. The van der Waals surface area contributed by atoms with E-state index in [1.165, 1.54) is 39.7 Å². The molecule has 2 aliphatic rings. The van der Waals surface area contributed by atoms with E-state index in [9.17, 15) is 0 Å². The van der Waals surface area contributed by atoms with Crippen LogP contribution in [0.5, 0.6) is 0 Å². The van der Waals surface area contributed by atoms with E-state index in [1.54, 1.807) is 8.85 Å². The van der Waals surface area contributed by atoms with Crippen molar-refractivity contribution < 1.29 is 57.2 Å². The van der Waals surface area contributed by atoms with Crippen molar-refractivity contribution in [2.24, 2.45) is 0 Å². The van der Waals surface area contributed by atoms with Crippen molar-refractivity contribution in [3.8, 4) is 0 Å².